The summed E-state index contributed by atoms with van der Waals surface area (Å²) in [4.78, 5) is 5.73. The Labute approximate surface area is 138 Å². The molecular formula is C17H18F3N3O. The molecule has 24 heavy (non-hydrogen) atoms. The van der Waals surface area contributed by atoms with E-state index in [9.17, 15) is 13.2 Å². The van der Waals surface area contributed by atoms with E-state index in [4.69, 9.17) is 10.5 Å². The van der Waals surface area contributed by atoms with Gasteiger partial charge in [0, 0.05) is 31.3 Å². The summed E-state index contributed by atoms with van der Waals surface area (Å²) in [6, 6.07) is 12.3. The van der Waals surface area contributed by atoms with Crippen LogP contribution in [0.25, 0.3) is 0 Å². The third-order valence-electron chi connectivity index (χ3n) is 3.94. The Morgan fingerprint density at radius 3 is 2.62 bits per heavy atom. The van der Waals surface area contributed by atoms with E-state index in [1.807, 2.05) is 30.3 Å². The molecule has 0 unspecified atom stereocenters. The zero-order valence-corrected chi connectivity index (χ0v) is 13.0. The van der Waals surface area contributed by atoms with Crippen LogP contribution in [0, 0.1) is 0 Å². The predicted molar refractivity (Wildman–Crippen MR) is 84.8 cm³/mol. The number of para-hydroxylation sites is 1. The highest BCUT2D eigenvalue weighted by Crippen LogP contribution is 2.31. The van der Waals surface area contributed by atoms with Crippen LogP contribution in [0.2, 0.25) is 0 Å². The quantitative estimate of drug-likeness (QED) is 0.931. The Morgan fingerprint density at radius 2 is 1.96 bits per heavy atom. The smallest absolute Gasteiger partial charge is 0.433 e. The molecule has 1 fully saturated rings. The predicted octanol–water partition coefficient (Wildman–Crippen LogP) is 3.22. The van der Waals surface area contributed by atoms with Crippen molar-refractivity contribution in [2.75, 3.05) is 18.0 Å². The van der Waals surface area contributed by atoms with Crippen molar-refractivity contribution in [3.05, 3.63) is 53.7 Å². The van der Waals surface area contributed by atoms with Crippen molar-refractivity contribution >= 4 is 5.69 Å². The number of ether oxygens (including phenoxy) is 1. The van der Waals surface area contributed by atoms with Gasteiger partial charge in [-0.25, -0.2) is 4.98 Å². The van der Waals surface area contributed by atoms with Gasteiger partial charge < -0.3 is 15.4 Å². The second-order valence-corrected chi connectivity index (χ2v) is 5.71. The van der Waals surface area contributed by atoms with Crippen LogP contribution >= 0.6 is 0 Å². The fourth-order valence-corrected chi connectivity index (χ4v) is 2.75. The number of nitrogens with zero attached hydrogens (tertiary/aromatic N) is 2. The molecule has 7 heteroatoms. The van der Waals surface area contributed by atoms with Crippen LogP contribution in [-0.4, -0.2) is 24.2 Å². The van der Waals surface area contributed by atoms with E-state index in [0.717, 1.165) is 24.7 Å². The maximum Gasteiger partial charge on any atom is 0.433 e. The third kappa shape index (κ3) is 3.79. The van der Waals surface area contributed by atoms with E-state index in [1.165, 1.54) is 6.07 Å². The van der Waals surface area contributed by atoms with Gasteiger partial charge in [0.2, 0.25) is 5.88 Å². The molecule has 1 saturated heterocycles. The van der Waals surface area contributed by atoms with Crippen molar-refractivity contribution in [1.29, 1.82) is 0 Å². The molecule has 1 atom stereocenters. The van der Waals surface area contributed by atoms with Crippen LogP contribution in [0.5, 0.6) is 5.88 Å². The number of alkyl halides is 3. The van der Waals surface area contributed by atoms with E-state index in [0.29, 0.717) is 12.1 Å². The number of pyridine rings is 1. The standard InChI is InChI=1S/C17H18F3N3O/c18-17(19,20)15-8-12(10-21)9-16(22-15)24-14-6-7-23(11-14)13-4-2-1-3-5-13/h1-5,8-9,14H,6-7,10-11,21H2/t14-/m0/s1. The molecule has 1 aromatic carbocycles. The molecule has 2 N–H and O–H groups in total. The molecule has 4 nitrogen and oxygen atoms in total. The number of hydrogen-bond donors (Lipinski definition) is 1. The summed E-state index contributed by atoms with van der Waals surface area (Å²) in [5.41, 5.74) is 5.93. The number of anilines is 1. The van der Waals surface area contributed by atoms with E-state index in [2.05, 4.69) is 9.88 Å². The van der Waals surface area contributed by atoms with Gasteiger partial charge in [-0.2, -0.15) is 13.2 Å². The summed E-state index contributed by atoms with van der Waals surface area (Å²) in [7, 11) is 0. The van der Waals surface area contributed by atoms with Gasteiger partial charge in [0.25, 0.3) is 0 Å². The van der Waals surface area contributed by atoms with Crippen LogP contribution in [0.15, 0.2) is 42.5 Å². The van der Waals surface area contributed by atoms with E-state index in [1.54, 1.807) is 0 Å². The molecule has 1 aliphatic rings. The van der Waals surface area contributed by atoms with Gasteiger partial charge in [0.1, 0.15) is 11.8 Å². The van der Waals surface area contributed by atoms with Crippen LogP contribution in [0.3, 0.4) is 0 Å². The lowest BCUT2D eigenvalue weighted by Gasteiger charge is -2.19. The number of aromatic nitrogens is 1. The Kier molecular flexibility index (Phi) is 4.62. The topological polar surface area (TPSA) is 51.4 Å². The fraction of sp³-hybridized carbons (Fsp3) is 0.353. The third-order valence-corrected chi connectivity index (χ3v) is 3.94. The largest absolute Gasteiger partial charge is 0.472 e. The molecule has 1 aromatic heterocycles. The van der Waals surface area contributed by atoms with Gasteiger partial charge in [-0.05, 0) is 23.8 Å². The van der Waals surface area contributed by atoms with Gasteiger partial charge in [-0.15, -0.1) is 0 Å². The monoisotopic (exact) mass is 337 g/mol. The normalized spacial score (nSPS) is 18.0. The summed E-state index contributed by atoms with van der Waals surface area (Å²) in [5, 5.41) is 0. The molecule has 2 heterocycles. The molecule has 0 bridgehead atoms. The van der Waals surface area contributed by atoms with Crippen molar-refractivity contribution < 1.29 is 17.9 Å². The first-order chi connectivity index (χ1) is 11.5. The second-order valence-electron chi connectivity index (χ2n) is 5.71. The van der Waals surface area contributed by atoms with Gasteiger partial charge in [0.05, 0.1) is 6.54 Å². The average molecular weight is 337 g/mol. The summed E-state index contributed by atoms with van der Waals surface area (Å²) >= 11 is 0. The first kappa shape index (κ1) is 16.6. The molecule has 0 saturated carbocycles. The average Bonchev–Trinajstić information content (AvgIpc) is 3.03. The zero-order valence-electron chi connectivity index (χ0n) is 13.0. The number of nitrogens with two attached hydrogens (primary N) is 1. The number of halogens is 3. The van der Waals surface area contributed by atoms with Crippen LogP contribution in [0.4, 0.5) is 18.9 Å². The molecular weight excluding hydrogens is 319 g/mol. The molecule has 2 aromatic rings. The van der Waals surface area contributed by atoms with Crippen molar-refractivity contribution in [3.8, 4) is 5.88 Å². The van der Waals surface area contributed by atoms with Crippen molar-refractivity contribution in [2.24, 2.45) is 5.73 Å². The summed E-state index contributed by atoms with van der Waals surface area (Å²) < 4.78 is 44.4. The van der Waals surface area contributed by atoms with Gasteiger partial charge in [0.15, 0.2) is 0 Å². The van der Waals surface area contributed by atoms with Gasteiger partial charge in [-0.1, -0.05) is 18.2 Å². The molecule has 0 amide bonds. The van der Waals surface area contributed by atoms with E-state index >= 15 is 0 Å². The minimum atomic E-state index is -4.52. The summed E-state index contributed by atoms with van der Waals surface area (Å²) in [5.74, 6) is -0.0230. The first-order valence-electron chi connectivity index (χ1n) is 7.70. The van der Waals surface area contributed by atoms with E-state index < -0.39 is 11.9 Å². The lowest BCUT2D eigenvalue weighted by Crippen LogP contribution is -2.25. The Hall–Kier alpha value is -2.28. The highest BCUT2D eigenvalue weighted by molar-refractivity contribution is 5.47. The Morgan fingerprint density at radius 1 is 1.21 bits per heavy atom. The molecule has 1 aliphatic heterocycles. The summed E-state index contributed by atoms with van der Waals surface area (Å²) in [6.45, 7) is 1.40. The lowest BCUT2D eigenvalue weighted by molar-refractivity contribution is -0.141. The van der Waals surface area contributed by atoms with Crippen LogP contribution < -0.4 is 15.4 Å². The van der Waals surface area contributed by atoms with Crippen LogP contribution in [-0.2, 0) is 12.7 Å². The molecule has 0 spiro atoms. The maximum absolute atomic E-state index is 12.9. The lowest BCUT2D eigenvalue weighted by atomic mass is 10.2. The highest BCUT2D eigenvalue weighted by Gasteiger charge is 2.34. The molecule has 128 valence electrons. The van der Waals surface area contributed by atoms with Crippen LogP contribution in [0.1, 0.15) is 17.7 Å². The fourth-order valence-electron chi connectivity index (χ4n) is 2.75. The Balaban J connectivity index is 1.72. The number of benzene rings is 1. The van der Waals surface area contributed by atoms with E-state index in [-0.39, 0.29) is 18.5 Å². The van der Waals surface area contributed by atoms with Crippen molar-refractivity contribution in [2.45, 2.75) is 25.2 Å². The zero-order chi connectivity index (χ0) is 17.2. The highest BCUT2D eigenvalue weighted by atomic mass is 19.4. The second kappa shape index (κ2) is 6.68. The molecule has 3 rings (SSSR count). The first-order valence-corrected chi connectivity index (χ1v) is 7.70. The van der Waals surface area contributed by atoms with Gasteiger partial charge >= 0.3 is 6.18 Å². The van der Waals surface area contributed by atoms with Crippen molar-refractivity contribution in [3.63, 3.8) is 0 Å². The molecule has 0 radical (unpaired) electrons. The Bertz CT molecular complexity index is 691. The number of rotatable bonds is 4. The SMILES string of the molecule is NCc1cc(O[C@H]2CCN(c3ccccc3)C2)nc(C(F)(F)F)c1. The van der Waals surface area contributed by atoms with Crippen molar-refractivity contribution in [1.82, 2.24) is 4.98 Å². The molecule has 0 aliphatic carbocycles. The summed E-state index contributed by atoms with van der Waals surface area (Å²) in [6.07, 6.45) is -3.99. The minimum absolute atomic E-state index is 0.00275. The number of hydrogen-bond acceptors (Lipinski definition) is 4. The van der Waals surface area contributed by atoms with Gasteiger partial charge in [-0.3, -0.25) is 0 Å². The maximum atomic E-state index is 12.9. The minimum Gasteiger partial charge on any atom is -0.472 e.